The van der Waals surface area contributed by atoms with E-state index in [1.165, 1.54) is 6.42 Å². The predicted octanol–water partition coefficient (Wildman–Crippen LogP) is 4.11. The van der Waals surface area contributed by atoms with Crippen molar-refractivity contribution in [3.05, 3.63) is 36.4 Å². The van der Waals surface area contributed by atoms with Gasteiger partial charge in [0.05, 0.1) is 6.10 Å². The molecule has 2 aromatic rings. The minimum Gasteiger partial charge on any atom is -0.439 e. The van der Waals surface area contributed by atoms with Gasteiger partial charge in [-0.05, 0) is 63.4 Å². The van der Waals surface area contributed by atoms with Crippen LogP contribution < -0.4 is 20.3 Å². The lowest BCUT2D eigenvalue weighted by Crippen LogP contribution is -2.38. The Kier molecular flexibility index (Phi) is 6.96. The molecule has 2 N–H and O–H groups in total. The lowest BCUT2D eigenvalue weighted by atomic mass is 10.0. The first-order chi connectivity index (χ1) is 14.7. The van der Waals surface area contributed by atoms with E-state index in [4.69, 9.17) is 26.7 Å². The molecule has 4 rings (SSSR count). The molecule has 2 aliphatic rings. The van der Waals surface area contributed by atoms with Crippen molar-refractivity contribution in [3.63, 3.8) is 0 Å². The van der Waals surface area contributed by atoms with Gasteiger partial charge in [-0.1, -0.05) is 18.2 Å². The number of thiocarbonyl (C=S) groups is 1. The second-order valence-electron chi connectivity index (χ2n) is 7.81. The normalized spacial score (nSPS) is 21.3. The maximum Gasteiger partial charge on any atom is 0.234 e. The number of para-hydroxylation sites is 1. The topological polar surface area (TPSA) is 71.5 Å². The maximum atomic E-state index is 6.01. The van der Waals surface area contributed by atoms with Crippen LogP contribution in [-0.4, -0.2) is 46.9 Å². The number of ether oxygens (including phenoxy) is 2. The van der Waals surface area contributed by atoms with E-state index in [0.717, 1.165) is 50.4 Å². The van der Waals surface area contributed by atoms with Gasteiger partial charge in [-0.3, -0.25) is 0 Å². The van der Waals surface area contributed by atoms with Crippen LogP contribution in [0.15, 0.2) is 36.4 Å². The number of rotatable bonds is 6. The highest BCUT2D eigenvalue weighted by Crippen LogP contribution is 2.28. The number of anilines is 2. The number of benzene rings is 1. The first-order valence-corrected chi connectivity index (χ1v) is 11.1. The largest absolute Gasteiger partial charge is 0.439 e. The zero-order chi connectivity index (χ0) is 20.8. The molecule has 0 aliphatic carbocycles. The van der Waals surface area contributed by atoms with E-state index in [-0.39, 0.29) is 6.10 Å². The van der Waals surface area contributed by atoms with Crippen LogP contribution >= 0.6 is 12.2 Å². The van der Waals surface area contributed by atoms with E-state index >= 15 is 0 Å². The third kappa shape index (κ3) is 5.58. The van der Waals surface area contributed by atoms with Crippen LogP contribution in [0.1, 0.15) is 39.0 Å². The van der Waals surface area contributed by atoms with Crippen molar-refractivity contribution in [2.75, 3.05) is 29.9 Å². The molecule has 1 aromatic carbocycles. The van der Waals surface area contributed by atoms with Crippen LogP contribution in [0.3, 0.4) is 0 Å². The Morgan fingerprint density at radius 1 is 1.20 bits per heavy atom. The van der Waals surface area contributed by atoms with Crippen molar-refractivity contribution in [2.45, 2.75) is 51.2 Å². The molecule has 0 amide bonds. The fourth-order valence-corrected chi connectivity index (χ4v) is 4.05. The molecular weight excluding hydrogens is 398 g/mol. The quantitative estimate of drug-likeness (QED) is 0.668. The average Bonchev–Trinajstić information content (AvgIpc) is 3.27. The zero-order valence-corrected chi connectivity index (χ0v) is 18.2. The first kappa shape index (κ1) is 20.8. The molecule has 0 spiro atoms. The molecule has 2 unspecified atom stereocenters. The van der Waals surface area contributed by atoms with Crippen molar-refractivity contribution < 1.29 is 9.47 Å². The Morgan fingerprint density at radius 2 is 2.07 bits per heavy atom. The van der Waals surface area contributed by atoms with Crippen molar-refractivity contribution in [1.29, 1.82) is 0 Å². The molecular formula is C22H29N5O2S. The van der Waals surface area contributed by atoms with Gasteiger partial charge in [0, 0.05) is 31.8 Å². The Balaban J connectivity index is 1.50. The summed E-state index contributed by atoms with van der Waals surface area (Å²) in [5.41, 5.74) is 0. The van der Waals surface area contributed by atoms with Gasteiger partial charge in [-0.2, -0.15) is 9.97 Å². The number of hydrogen-bond acceptors (Lipinski definition) is 6. The zero-order valence-electron chi connectivity index (χ0n) is 17.3. The van der Waals surface area contributed by atoms with E-state index in [1.807, 2.05) is 36.4 Å². The minimum atomic E-state index is 0.211. The second-order valence-corrected chi connectivity index (χ2v) is 8.22. The molecule has 30 heavy (non-hydrogen) atoms. The van der Waals surface area contributed by atoms with Crippen molar-refractivity contribution >= 4 is 29.1 Å². The van der Waals surface area contributed by atoms with E-state index in [1.54, 1.807) is 0 Å². The molecule has 160 valence electrons. The Labute approximate surface area is 183 Å². The van der Waals surface area contributed by atoms with E-state index in [2.05, 4.69) is 27.4 Å². The fraction of sp³-hybridized carbons (Fsp3) is 0.500. The standard InChI is InChI=1S/C22H29N5O2S/c1-16-8-5-6-12-27(16)19-14-20(29-17-9-3-2-4-10-17)25-21(24-19)26-22(30)23-15-18-11-7-13-28-18/h2-4,9-10,14,16,18H,5-8,11-13,15H2,1H3,(H2,23,24,25,26,30). The summed E-state index contributed by atoms with van der Waals surface area (Å²) in [5, 5.41) is 6.82. The summed E-state index contributed by atoms with van der Waals surface area (Å²) in [5.74, 6) is 2.51. The fourth-order valence-electron chi connectivity index (χ4n) is 3.87. The van der Waals surface area contributed by atoms with Crippen molar-refractivity contribution in [3.8, 4) is 11.6 Å². The summed E-state index contributed by atoms with van der Waals surface area (Å²) < 4.78 is 11.6. The SMILES string of the molecule is CC1CCCCN1c1cc(Oc2ccccc2)nc(NC(=S)NCC2CCCO2)n1. The summed E-state index contributed by atoms with van der Waals surface area (Å²) in [7, 11) is 0. The monoisotopic (exact) mass is 427 g/mol. The molecule has 0 radical (unpaired) electrons. The first-order valence-electron chi connectivity index (χ1n) is 10.7. The third-order valence-corrected chi connectivity index (χ3v) is 5.74. The number of piperidine rings is 1. The number of nitrogens with zero attached hydrogens (tertiary/aromatic N) is 3. The molecule has 3 heterocycles. The summed E-state index contributed by atoms with van der Waals surface area (Å²) in [6.07, 6.45) is 5.94. The molecule has 2 saturated heterocycles. The smallest absolute Gasteiger partial charge is 0.234 e. The van der Waals surface area contributed by atoms with Crippen LogP contribution in [0, 0.1) is 0 Å². The molecule has 2 fully saturated rings. The Morgan fingerprint density at radius 3 is 2.83 bits per heavy atom. The van der Waals surface area contributed by atoms with Crippen molar-refractivity contribution in [1.82, 2.24) is 15.3 Å². The van der Waals surface area contributed by atoms with Gasteiger partial charge in [0.1, 0.15) is 11.6 Å². The average molecular weight is 428 g/mol. The molecule has 2 aliphatic heterocycles. The van der Waals surface area contributed by atoms with Crippen molar-refractivity contribution in [2.24, 2.45) is 0 Å². The van der Waals surface area contributed by atoms with E-state index < -0.39 is 0 Å². The molecule has 0 bridgehead atoms. The molecule has 7 nitrogen and oxygen atoms in total. The number of hydrogen-bond donors (Lipinski definition) is 2. The number of aromatic nitrogens is 2. The summed E-state index contributed by atoms with van der Waals surface area (Å²) in [4.78, 5) is 11.6. The summed E-state index contributed by atoms with van der Waals surface area (Å²) in [6, 6.07) is 12.0. The van der Waals surface area contributed by atoms with Gasteiger partial charge >= 0.3 is 0 Å². The maximum absolute atomic E-state index is 6.01. The van der Waals surface area contributed by atoms with Crippen LogP contribution in [-0.2, 0) is 4.74 Å². The van der Waals surface area contributed by atoms with Gasteiger partial charge in [0.15, 0.2) is 5.11 Å². The molecule has 8 heteroatoms. The number of nitrogens with one attached hydrogen (secondary N) is 2. The predicted molar refractivity (Wildman–Crippen MR) is 122 cm³/mol. The minimum absolute atomic E-state index is 0.211. The highest BCUT2D eigenvalue weighted by molar-refractivity contribution is 7.80. The summed E-state index contributed by atoms with van der Waals surface area (Å²) >= 11 is 5.45. The van der Waals surface area contributed by atoms with Gasteiger partial charge in [-0.25, -0.2) is 0 Å². The van der Waals surface area contributed by atoms with Gasteiger partial charge in [-0.15, -0.1) is 0 Å². The van der Waals surface area contributed by atoms with E-state index in [0.29, 0.717) is 29.5 Å². The Hall–Kier alpha value is -2.45. The van der Waals surface area contributed by atoms with Gasteiger partial charge in [0.25, 0.3) is 0 Å². The van der Waals surface area contributed by atoms with Crippen LogP contribution in [0.5, 0.6) is 11.6 Å². The lowest BCUT2D eigenvalue weighted by molar-refractivity contribution is 0.114. The van der Waals surface area contributed by atoms with E-state index in [9.17, 15) is 0 Å². The molecule has 2 atom stereocenters. The van der Waals surface area contributed by atoms with Crippen LogP contribution in [0.4, 0.5) is 11.8 Å². The van der Waals surface area contributed by atoms with Gasteiger partial charge in [0.2, 0.25) is 11.8 Å². The lowest BCUT2D eigenvalue weighted by Gasteiger charge is -2.34. The molecule has 0 saturated carbocycles. The highest BCUT2D eigenvalue weighted by Gasteiger charge is 2.22. The third-order valence-electron chi connectivity index (χ3n) is 5.49. The molecule has 1 aromatic heterocycles. The second kappa shape index (κ2) is 10.0. The Bertz CT molecular complexity index is 845. The van der Waals surface area contributed by atoms with Crippen LogP contribution in [0.25, 0.3) is 0 Å². The highest BCUT2D eigenvalue weighted by atomic mass is 32.1. The van der Waals surface area contributed by atoms with Gasteiger partial charge < -0.3 is 25.0 Å². The summed E-state index contributed by atoms with van der Waals surface area (Å²) in [6.45, 7) is 4.72. The van der Waals surface area contributed by atoms with Crippen LogP contribution in [0.2, 0.25) is 0 Å².